The van der Waals surface area contributed by atoms with Gasteiger partial charge in [0, 0.05) is 6.20 Å². The zero-order valence-electron chi connectivity index (χ0n) is 9.11. The van der Waals surface area contributed by atoms with Crippen LogP contribution in [0.1, 0.15) is 5.56 Å². The van der Waals surface area contributed by atoms with Gasteiger partial charge in [0.1, 0.15) is 11.5 Å². The van der Waals surface area contributed by atoms with Gasteiger partial charge in [-0.15, -0.1) is 0 Å². The number of benzene rings is 1. The summed E-state index contributed by atoms with van der Waals surface area (Å²) >= 11 is 3.06. The molecule has 2 rings (SSSR count). The number of nitrogens with zero attached hydrogens (tertiary/aromatic N) is 1. The normalized spacial score (nSPS) is 10.6. The van der Waals surface area contributed by atoms with Crippen molar-refractivity contribution in [2.45, 2.75) is 6.54 Å². The van der Waals surface area contributed by atoms with Gasteiger partial charge in [0.15, 0.2) is 0 Å². The molecule has 0 radical (unpaired) electrons. The molecule has 5 nitrogen and oxygen atoms in total. The highest BCUT2D eigenvalue weighted by Crippen LogP contribution is 2.17. The van der Waals surface area contributed by atoms with E-state index in [0.29, 0.717) is 10.0 Å². The molecular formula is C11H9BrFN3O2. The minimum atomic E-state index is -0.614. The molecular weight excluding hydrogens is 305 g/mol. The van der Waals surface area contributed by atoms with Gasteiger partial charge in [-0.1, -0.05) is 6.07 Å². The van der Waals surface area contributed by atoms with E-state index in [1.54, 1.807) is 12.1 Å². The van der Waals surface area contributed by atoms with Crippen molar-refractivity contribution in [3.05, 3.63) is 61.1 Å². The first-order valence-corrected chi connectivity index (χ1v) is 5.80. The average molecular weight is 314 g/mol. The number of hydrogen-bond acceptors (Lipinski definition) is 3. The van der Waals surface area contributed by atoms with Gasteiger partial charge in [-0.2, -0.15) is 0 Å². The fraction of sp³-hybridized carbons (Fsp3) is 0.0909. The number of halogens is 2. The van der Waals surface area contributed by atoms with Crippen molar-refractivity contribution < 1.29 is 4.39 Å². The van der Waals surface area contributed by atoms with E-state index in [4.69, 9.17) is 5.73 Å². The Morgan fingerprint density at radius 3 is 2.78 bits per heavy atom. The molecule has 94 valence electrons. The summed E-state index contributed by atoms with van der Waals surface area (Å²) in [4.78, 5) is 24.7. The molecule has 0 spiro atoms. The molecule has 0 saturated carbocycles. The van der Waals surface area contributed by atoms with Crippen molar-refractivity contribution in [2.24, 2.45) is 0 Å². The average Bonchev–Trinajstić information content (AvgIpc) is 2.31. The third-order valence-electron chi connectivity index (χ3n) is 2.38. The second kappa shape index (κ2) is 4.77. The first-order chi connectivity index (χ1) is 8.47. The summed E-state index contributed by atoms with van der Waals surface area (Å²) < 4.78 is 14.6. The Kier molecular flexibility index (Phi) is 3.33. The lowest BCUT2D eigenvalue weighted by Crippen LogP contribution is -2.31. The third kappa shape index (κ3) is 2.51. The molecule has 0 atom stereocenters. The summed E-state index contributed by atoms with van der Waals surface area (Å²) in [5.74, 6) is -0.382. The van der Waals surface area contributed by atoms with Crippen LogP contribution in [0.2, 0.25) is 0 Å². The summed E-state index contributed by atoms with van der Waals surface area (Å²) in [5.41, 5.74) is 4.91. The fourth-order valence-corrected chi connectivity index (χ4v) is 1.90. The highest BCUT2D eigenvalue weighted by Gasteiger charge is 2.04. The monoisotopic (exact) mass is 313 g/mol. The van der Waals surface area contributed by atoms with E-state index in [2.05, 4.69) is 20.9 Å². The first kappa shape index (κ1) is 12.6. The number of nitrogens with one attached hydrogen (secondary N) is 1. The Morgan fingerprint density at radius 1 is 1.39 bits per heavy atom. The van der Waals surface area contributed by atoms with E-state index in [1.807, 2.05) is 0 Å². The molecule has 2 aromatic rings. The second-order valence-corrected chi connectivity index (χ2v) is 4.57. The number of aromatic amines is 1. The molecule has 1 aromatic carbocycles. The molecule has 0 amide bonds. The standard InChI is InChI=1S/C11H9BrFN3O2/c12-7-3-6(1-2-8(7)13)4-16-5-9(14)10(17)15-11(16)18/h1-3,5H,4,14H2,(H,15,17,18). The minimum absolute atomic E-state index is 0.0456. The third-order valence-corrected chi connectivity index (χ3v) is 2.98. The van der Waals surface area contributed by atoms with Gasteiger partial charge in [0.05, 0.1) is 11.0 Å². The van der Waals surface area contributed by atoms with Crippen LogP contribution >= 0.6 is 15.9 Å². The lowest BCUT2D eigenvalue weighted by atomic mass is 10.2. The Labute approximate surface area is 109 Å². The fourth-order valence-electron chi connectivity index (χ4n) is 1.48. The Morgan fingerprint density at radius 2 is 2.11 bits per heavy atom. The van der Waals surface area contributed by atoms with E-state index in [-0.39, 0.29) is 18.0 Å². The molecule has 7 heteroatoms. The molecule has 0 bridgehead atoms. The molecule has 1 aromatic heterocycles. The van der Waals surface area contributed by atoms with Crippen LogP contribution in [0.3, 0.4) is 0 Å². The molecule has 0 aliphatic heterocycles. The van der Waals surface area contributed by atoms with Crippen molar-refractivity contribution >= 4 is 21.6 Å². The maximum absolute atomic E-state index is 13.1. The van der Waals surface area contributed by atoms with Crippen molar-refractivity contribution in [3.63, 3.8) is 0 Å². The SMILES string of the molecule is Nc1cn(Cc2ccc(F)c(Br)c2)c(=O)[nH]c1=O. The summed E-state index contributed by atoms with van der Waals surface area (Å²) in [7, 11) is 0. The van der Waals surface area contributed by atoms with Crippen molar-refractivity contribution in [1.29, 1.82) is 0 Å². The number of aromatic nitrogens is 2. The summed E-state index contributed by atoms with van der Waals surface area (Å²) in [6.07, 6.45) is 1.26. The summed E-state index contributed by atoms with van der Waals surface area (Å²) in [6.45, 7) is 0.193. The van der Waals surface area contributed by atoms with E-state index < -0.39 is 11.2 Å². The lowest BCUT2D eigenvalue weighted by molar-refractivity contribution is 0.619. The number of nitrogens with two attached hydrogens (primary N) is 1. The molecule has 18 heavy (non-hydrogen) atoms. The van der Waals surface area contributed by atoms with E-state index >= 15 is 0 Å². The van der Waals surface area contributed by atoms with E-state index in [9.17, 15) is 14.0 Å². The quantitative estimate of drug-likeness (QED) is 0.870. The molecule has 0 saturated heterocycles. The summed E-state index contributed by atoms with van der Waals surface area (Å²) in [6, 6.07) is 4.40. The van der Waals surface area contributed by atoms with Crippen molar-refractivity contribution in [1.82, 2.24) is 9.55 Å². The Hall–Kier alpha value is -1.89. The van der Waals surface area contributed by atoms with Crippen LogP contribution in [-0.4, -0.2) is 9.55 Å². The Bertz CT molecular complexity index is 708. The van der Waals surface area contributed by atoms with Crippen molar-refractivity contribution in [2.75, 3.05) is 5.73 Å². The van der Waals surface area contributed by atoms with Gasteiger partial charge < -0.3 is 5.73 Å². The van der Waals surface area contributed by atoms with Gasteiger partial charge >= 0.3 is 5.69 Å². The van der Waals surface area contributed by atoms with Gasteiger partial charge in [-0.3, -0.25) is 14.3 Å². The molecule has 3 N–H and O–H groups in total. The maximum atomic E-state index is 13.1. The maximum Gasteiger partial charge on any atom is 0.328 e. The summed E-state index contributed by atoms with van der Waals surface area (Å²) in [5, 5.41) is 0. The van der Waals surface area contributed by atoms with Gasteiger partial charge in [-0.25, -0.2) is 9.18 Å². The smallest absolute Gasteiger partial charge is 0.328 e. The van der Waals surface area contributed by atoms with Crippen LogP contribution in [0.25, 0.3) is 0 Å². The zero-order chi connectivity index (χ0) is 13.3. The predicted octanol–water partition coefficient (Wildman–Crippen LogP) is 1.07. The zero-order valence-corrected chi connectivity index (χ0v) is 10.7. The number of anilines is 1. The second-order valence-electron chi connectivity index (χ2n) is 3.72. The largest absolute Gasteiger partial charge is 0.393 e. The van der Waals surface area contributed by atoms with Crippen LogP contribution in [0.5, 0.6) is 0 Å². The van der Waals surface area contributed by atoms with E-state index in [0.717, 1.165) is 0 Å². The number of nitrogen functional groups attached to an aromatic ring is 1. The molecule has 0 aliphatic rings. The van der Waals surface area contributed by atoms with Crippen LogP contribution in [-0.2, 0) is 6.54 Å². The topological polar surface area (TPSA) is 80.9 Å². The van der Waals surface area contributed by atoms with Crippen LogP contribution in [0.4, 0.5) is 10.1 Å². The van der Waals surface area contributed by atoms with Gasteiger partial charge in [0.2, 0.25) is 0 Å². The lowest BCUT2D eigenvalue weighted by Gasteiger charge is -2.06. The molecule has 1 heterocycles. The van der Waals surface area contributed by atoms with Gasteiger partial charge in [-0.05, 0) is 33.6 Å². The highest BCUT2D eigenvalue weighted by molar-refractivity contribution is 9.10. The van der Waals surface area contributed by atoms with Crippen LogP contribution < -0.4 is 17.0 Å². The van der Waals surface area contributed by atoms with Gasteiger partial charge in [0.25, 0.3) is 5.56 Å². The number of hydrogen-bond donors (Lipinski definition) is 2. The highest BCUT2D eigenvalue weighted by atomic mass is 79.9. The first-order valence-electron chi connectivity index (χ1n) is 5.00. The molecule has 0 fully saturated rings. The van der Waals surface area contributed by atoms with Crippen LogP contribution in [0.15, 0.2) is 38.5 Å². The van der Waals surface area contributed by atoms with Crippen molar-refractivity contribution in [3.8, 4) is 0 Å². The Balaban J connectivity index is 2.40. The van der Waals surface area contributed by atoms with Crippen LogP contribution in [0, 0.1) is 5.82 Å². The number of H-pyrrole nitrogens is 1. The van der Waals surface area contributed by atoms with E-state index in [1.165, 1.54) is 16.8 Å². The molecule has 0 aliphatic carbocycles. The molecule has 0 unspecified atom stereocenters. The predicted molar refractivity (Wildman–Crippen MR) is 68.9 cm³/mol. The number of rotatable bonds is 2. The minimum Gasteiger partial charge on any atom is -0.393 e.